The van der Waals surface area contributed by atoms with Crippen LogP contribution in [0.5, 0.6) is 5.75 Å². The van der Waals surface area contributed by atoms with E-state index in [9.17, 15) is 9.18 Å². The zero-order valence-corrected chi connectivity index (χ0v) is 10.4. The fourth-order valence-electron chi connectivity index (χ4n) is 1.43. The Bertz CT molecular complexity index is 391. The summed E-state index contributed by atoms with van der Waals surface area (Å²) in [5, 5.41) is 2.75. The van der Waals surface area contributed by atoms with Crippen LogP contribution >= 0.6 is 0 Å². The minimum Gasteiger partial charge on any atom is -0.494 e. The lowest BCUT2D eigenvalue weighted by Gasteiger charge is -2.09. The maximum atomic E-state index is 13.7. The summed E-state index contributed by atoms with van der Waals surface area (Å²) in [5.74, 6) is -0.190. The summed E-state index contributed by atoms with van der Waals surface area (Å²) in [6.45, 7) is 4.07. The zero-order valence-electron chi connectivity index (χ0n) is 10.4. The zero-order chi connectivity index (χ0) is 12.8. The Morgan fingerprint density at radius 2 is 2.18 bits per heavy atom. The molecule has 4 heteroatoms. The topological polar surface area (TPSA) is 38.3 Å². The van der Waals surface area contributed by atoms with E-state index in [1.54, 1.807) is 18.2 Å². The molecule has 0 unspecified atom stereocenters. The number of benzene rings is 1. The Kier molecular flexibility index (Phi) is 4.94. The molecule has 0 atom stereocenters. The second-order valence-corrected chi connectivity index (χ2v) is 4.13. The molecule has 0 fully saturated rings. The highest BCUT2D eigenvalue weighted by Crippen LogP contribution is 2.19. The van der Waals surface area contributed by atoms with Gasteiger partial charge in [0.15, 0.2) is 11.6 Å². The van der Waals surface area contributed by atoms with Crippen LogP contribution in [0.4, 0.5) is 4.39 Å². The van der Waals surface area contributed by atoms with E-state index < -0.39 is 0 Å². The third-order valence-corrected chi connectivity index (χ3v) is 2.48. The molecule has 1 aromatic rings. The summed E-state index contributed by atoms with van der Waals surface area (Å²) in [6, 6.07) is 5.01. The summed E-state index contributed by atoms with van der Waals surface area (Å²) >= 11 is 0. The summed E-state index contributed by atoms with van der Waals surface area (Å²) in [6.07, 6.45) is 0.460. The van der Waals surface area contributed by atoms with Gasteiger partial charge in [-0.15, -0.1) is 0 Å². The minimum absolute atomic E-state index is 0.0201. The van der Waals surface area contributed by atoms with Gasteiger partial charge in [-0.3, -0.25) is 4.79 Å². The van der Waals surface area contributed by atoms with Crippen molar-refractivity contribution in [3.8, 4) is 5.75 Å². The number of hydrogen-bond acceptors (Lipinski definition) is 2. The molecule has 0 aliphatic carbocycles. The molecule has 0 bridgehead atoms. The standard InChI is InChI=1S/C13H18FNO2/c1-9(2)13(16)15-8-7-10-5-4-6-11(17-3)12(10)14/h4-6,9H,7-8H2,1-3H3,(H,15,16). The first-order valence-electron chi connectivity index (χ1n) is 5.65. The van der Waals surface area contributed by atoms with Crippen LogP contribution in [-0.2, 0) is 11.2 Å². The molecule has 17 heavy (non-hydrogen) atoms. The Labute approximate surface area is 101 Å². The van der Waals surface area contributed by atoms with Crippen molar-refractivity contribution in [2.24, 2.45) is 5.92 Å². The van der Waals surface area contributed by atoms with E-state index in [1.807, 2.05) is 13.8 Å². The van der Waals surface area contributed by atoms with E-state index in [-0.39, 0.29) is 23.4 Å². The number of amides is 1. The summed E-state index contributed by atoms with van der Waals surface area (Å²) in [5.41, 5.74) is 0.549. The molecule has 1 N–H and O–H groups in total. The average Bonchev–Trinajstić information content (AvgIpc) is 2.31. The van der Waals surface area contributed by atoms with Gasteiger partial charge >= 0.3 is 0 Å². The highest BCUT2D eigenvalue weighted by Gasteiger charge is 2.09. The highest BCUT2D eigenvalue weighted by atomic mass is 19.1. The molecular weight excluding hydrogens is 221 g/mol. The van der Waals surface area contributed by atoms with Crippen molar-refractivity contribution < 1.29 is 13.9 Å². The Hall–Kier alpha value is -1.58. The molecule has 1 aromatic carbocycles. The maximum absolute atomic E-state index is 13.7. The van der Waals surface area contributed by atoms with E-state index in [4.69, 9.17) is 4.74 Å². The lowest BCUT2D eigenvalue weighted by atomic mass is 10.1. The van der Waals surface area contributed by atoms with Crippen molar-refractivity contribution in [2.75, 3.05) is 13.7 Å². The van der Waals surface area contributed by atoms with Gasteiger partial charge in [-0.05, 0) is 18.1 Å². The first-order valence-corrected chi connectivity index (χ1v) is 5.65. The molecular formula is C13H18FNO2. The SMILES string of the molecule is COc1cccc(CCNC(=O)C(C)C)c1F. The van der Waals surface area contributed by atoms with E-state index in [1.165, 1.54) is 7.11 Å². The van der Waals surface area contributed by atoms with Crippen molar-refractivity contribution in [3.05, 3.63) is 29.6 Å². The maximum Gasteiger partial charge on any atom is 0.222 e. The van der Waals surface area contributed by atoms with Crippen LogP contribution < -0.4 is 10.1 Å². The van der Waals surface area contributed by atoms with Crippen molar-refractivity contribution >= 4 is 5.91 Å². The van der Waals surface area contributed by atoms with Crippen LogP contribution in [0.25, 0.3) is 0 Å². The molecule has 0 saturated carbocycles. The molecule has 94 valence electrons. The predicted molar refractivity (Wildman–Crippen MR) is 64.5 cm³/mol. The molecule has 0 aromatic heterocycles. The first kappa shape index (κ1) is 13.5. The third kappa shape index (κ3) is 3.73. The average molecular weight is 239 g/mol. The molecule has 1 amide bonds. The van der Waals surface area contributed by atoms with E-state index in [0.717, 1.165) is 0 Å². The van der Waals surface area contributed by atoms with Gasteiger partial charge in [0.05, 0.1) is 7.11 Å². The summed E-state index contributed by atoms with van der Waals surface area (Å²) < 4.78 is 18.6. The Morgan fingerprint density at radius 1 is 1.47 bits per heavy atom. The fourth-order valence-corrected chi connectivity index (χ4v) is 1.43. The van der Waals surface area contributed by atoms with Gasteiger partial charge in [-0.25, -0.2) is 4.39 Å². The number of methoxy groups -OCH3 is 1. The van der Waals surface area contributed by atoms with Crippen molar-refractivity contribution in [2.45, 2.75) is 20.3 Å². The van der Waals surface area contributed by atoms with Crippen LogP contribution in [0.3, 0.4) is 0 Å². The second-order valence-electron chi connectivity index (χ2n) is 4.13. The van der Waals surface area contributed by atoms with Gasteiger partial charge in [0, 0.05) is 12.5 Å². The molecule has 1 rings (SSSR count). The normalized spacial score (nSPS) is 10.4. The van der Waals surface area contributed by atoms with Gasteiger partial charge in [0.1, 0.15) is 0 Å². The molecule has 0 spiro atoms. The number of carbonyl (C=O) groups excluding carboxylic acids is 1. The van der Waals surface area contributed by atoms with E-state index >= 15 is 0 Å². The minimum atomic E-state index is -0.353. The highest BCUT2D eigenvalue weighted by molar-refractivity contribution is 5.77. The first-order chi connectivity index (χ1) is 8.06. The second kappa shape index (κ2) is 6.23. The molecule has 0 aliphatic rings. The monoisotopic (exact) mass is 239 g/mol. The van der Waals surface area contributed by atoms with Crippen LogP contribution in [0.15, 0.2) is 18.2 Å². The third-order valence-electron chi connectivity index (χ3n) is 2.48. The molecule has 0 radical (unpaired) electrons. The Balaban J connectivity index is 2.55. The fraction of sp³-hybridized carbons (Fsp3) is 0.462. The predicted octanol–water partition coefficient (Wildman–Crippen LogP) is 2.15. The molecule has 3 nitrogen and oxygen atoms in total. The van der Waals surface area contributed by atoms with E-state index in [2.05, 4.69) is 5.32 Å². The lowest BCUT2D eigenvalue weighted by Crippen LogP contribution is -2.29. The number of halogens is 1. The van der Waals surface area contributed by atoms with Gasteiger partial charge in [-0.2, -0.15) is 0 Å². The van der Waals surface area contributed by atoms with E-state index in [0.29, 0.717) is 18.5 Å². The molecule has 0 heterocycles. The molecule has 0 aliphatic heterocycles. The summed E-state index contributed by atoms with van der Waals surface area (Å²) in [7, 11) is 1.43. The van der Waals surface area contributed by atoms with Crippen molar-refractivity contribution in [1.82, 2.24) is 5.32 Å². The smallest absolute Gasteiger partial charge is 0.222 e. The van der Waals surface area contributed by atoms with Crippen LogP contribution in [-0.4, -0.2) is 19.6 Å². The van der Waals surface area contributed by atoms with Gasteiger partial charge < -0.3 is 10.1 Å². The summed E-state index contributed by atoms with van der Waals surface area (Å²) in [4.78, 5) is 11.3. The Morgan fingerprint density at radius 3 is 2.76 bits per heavy atom. The number of carbonyl (C=O) groups is 1. The number of hydrogen-bond donors (Lipinski definition) is 1. The lowest BCUT2D eigenvalue weighted by molar-refractivity contribution is -0.123. The van der Waals surface area contributed by atoms with Crippen LogP contribution in [0.1, 0.15) is 19.4 Å². The number of ether oxygens (including phenoxy) is 1. The van der Waals surface area contributed by atoms with Crippen LogP contribution in [0.2, 0.25) is 0 Å². The molecule has 0 saturated heterocycles. The van der Waals surface area contributed by atoms with Crippen LogP contribution in [0, 0.1) is 11.7 Å². The van der Waals surface area contributed by atoms with Crippen molar-refractivity contribution in [1.29, 1.82) is 0 Å². The number of nitrogens with one attached hydrogen (secondary N) is 1. The van der Waals surface area contributed by atoms with Crippen molar-refractivity contribution in [3.63, 3.8) is 0 Å². The van der Waals surface area contributed by atoms with Gasteiger partial charge in [-0.1, -0.05) is 26.0 Å². The number of rotatable bonds is 5. The van der Waals surface area contributed by atoms with Gasteiger partial charge in [0.2, 0.25) is 5.91 Å². The largest absolute Gasteiger partial charge is 0.494 e. The van der Waals surface area contributed by atoms with Gasteiger partial charge in [0.25, 0.3) is 0 Å². The quantitative estimate of drug-likeness (QED) is 0.855.